The first-order valence-electron chi connectivity index (χ1n) is 6.55. The highest BCUT2D eigenvalue weighted by Crippen LogP contribution is 2.47. The van der Waals surface area contributed by atoms with Crippen molar-refractivity contribution in [2.24, 2.45) is 5.92 Å². The first-order valence-corrected chi connectivity index (χ1v) is 7.53. The van der Waals surface area contributed by atoms with Crippen LogP contribution in [-0.2, 0) is 9.47 Å². The summed E-state index contributed by atoms with van der Waals surface area (Å²) >= 11 is 1.98. The molecule has 0 N–H and O–H groups in total. The number of allylic oxidation sites excluding steroid dienone is 2. The molecule has 2 fully saturated rings. The molecule has 0 aromatic rings. The molecule has 3 unspecified atom stereocenters. The molecule has 93 valence electrons. The second kappa shape index (κ2) is 5.49. The highest BCUT2D eigenvalue weighted by Gasteiger charge is 2.40. The molecule has 0 bridgehead atoms. The molecule has 3 aliphatic rings. The normalized spacial score (nSPS) is 38.2. The largest absolute Gasteiger partial charge is 0.492 e. The molecule has 1 radical (unpaired) electrons. The van der Waals surface area contributed by atoms with Gasteiger partial charge in [-0.25, -0.2) is 0 Å². The zero-order valence-electron chi connectivity index (χ0n) is 10.0. The smallest absolute Gasteiger partial charge is 0.133 e. The highest BCUT2D eigenvalue weighted by atomic mass is 32.2. The van der Waals surface area contributed by atoms with Gasteiger partial charge in [-0.3, -0.25) is 0 Å². The lowest BCUT2D eigenvalue weighted by Gasteiger charge is -2.33. The quantitative estimate of drug-likeness (QED) is 0.750. The Labute approximate surface area is 107 Å². The lowest BCUT2D eigenvalue weighted by Crippen LogP contribution is -2.33. The van der Waals surface area contributed by atoms with Gasteiger partial charge >= 0.3 is 0 Å². The summed E-state index contributed by atoms with van der Waals surface area (Å²) in [6.45, 7) is 0.945. The number of rotatable bonds is 2. The van der Waals surface area contributed by atoms with Crippen molar-refractivity contribution in [3.8, 4) is 0 Å². The van der Waals surface area contributed by atoms with Gasteiger partial charge in [-0.1, -0.05) is 6.08 Å². The topological polar surface area (TPSA) is 18.5 Å². The monoisotopic (exact) mass is 251 g/mol. The van der Waals surface area contributed by atoms with Gasteiger partial charge in [0.25, 0.3) is 0 Å². The molecule has 3 rings (SSSR count). The maximum atomic E-state index is 5.95. The summed E-state index contributed by atoms with van der Waals surface area (Å²) in [6, 6.07) is 0. The number of hydrogen-bond donors (Lipinski definition) is 0. The number of ether oxygens (including phenoxy) is 2. The molecule has 0 amide bonds. The minimum atomic E-state index is 0.169. The van der Waals surface area contributed by atoms with Crippen molar-refractivity contribution >= 4 is 11.8 Å². The van der Waals surface area contributed by atoms with Crippen molar-refractivity contribution in [2.75, 3.05) is 12.4 Å². The SMILES string of the molecule is C1=COC([C]2SCCC2C2CCCCO2)C=C1. The molecule has 3 heterocycles. The summed E-state index contributed by atoms with van der Waals surface area (Å²) in [6.07, 6.45) is 13.6. The van der Waals surface area contributed by atoms with E-state index in [0.29, 0.717) is 12.0 Å². The minimum absolute atomic E-state index is 0.169. The Morgan fingerprint density at radius 2 is 2.18 bits per heavy atom. The average Bonchev–Trinajstić information content (AvgIpc) is 2.90. The van der Waals surface area contributed by atoms with E-state index in [4.69, 9.17) is 9.47 Å². The molecule has 3 aliphatic heterocycles. The van der Waals surface area contributed by atoms with Crippen LogP contribution in [0.3, 0.4) is 0 Å². The maximum absolute atomic E-state index is 5.95. The Balaban J connectivity index is 1.66. The van der Waals surface area contributed by atoms with Crippen LogP contribution in [0.5, 0.6) is 0 Å². The van der Waals surface area contributed by atoms with Crippen LogP contribution in [0.15, 0.2) is 24.5 Å². The van der Waals surface area contributed by atoms with Crippen LogP contribution in [0.1, 0.15) is 25.7 Å². The summed E-state index contributed by atoms with van der Waals surface area (Å²) in [5, 5.41) is 1.48. The third kappa shape index (κ3) is 2.55. The molecule has 0 spiro atoms. The van der Waals surface area contributed by atoms with Gasteiger partial charge < -0.3 is 9.47 Å². The molecular formula is C14H19O2S. The van der Waals surface area contributed by atoms with E-state index in [0.717, 1.165) is 6.61 Å². The molecular weight excluding hydrogens is 232 g/mol. The van der Waals surface area contributed by atoms with Crippen molar-refractivity contribution in [3.05, 3.63) is 29.7 Å². The first kappa shape index (κ1) is 11.7. The van der Waals surface area contributed by atoms with E-state index in [-0.39, 0.29) is 6.10 Å². The van der Waals surface area contributed by atoms with Gasteiger partial charge in [0.15, 0.2) is 0 Å². The van der Waals surface area contributed by atoms with E-state index in [9.17, 15) is 0 Å². The Morgan fingerprint density at radius 3 is 2.94 bits per heavy atom. The second-order valence-electron chi connectivity index (χ2n) is 4.82. The van der Waals surface area contributed by atoms with Crippen molar-refractivity contribution in [1.82, 2.24) is 0 Å². The predicted molar refractivity (Wildman–Crippen MR) is 70.6 cm³/mol. The third-order valence-corrected chi connectivity index (χ3v) is 5.02. The standard InChI is InChI=1S/C14H19O2S/c1-3-8-15-12(5-1)11-7-10-17-14(11)13-6-2-4-9-16-13/h2,4,6,9,11-13H,1,3,5,7-8,10H2. The summed E-state index contributed by atoms with van der Waals surface area (Å²) in [4.78, 5) is 0. The van der Waals surface area contributed by atoms with E-state index < -0.39 is 0 Å². The fourth-order valence-corrected chi connectivity index (χ4v) is 4.24. The second-order valence-corrected chi connectivity index (χ2v) is 5.99. The van der Waals surface area contributed by atoms with Crippen molar-refractivity contribution < 1.29 is 9.47 Å². The van der Waals surface area contributed by atoms with Crippen LogP contribution in [-0.4, -0.2) is 24.6 Å². The van der Waals surface area contributed by atoms with Crippen LogP contribution in [0, 0.1) is 11.2 Å². The van der Waals surface area contributed by atoms with E-state index in [1.165, 1.54) is 36.7 Å². The van der Waals surface area contributed by atoms with Gasteiger partial charge in [-0.2, -0.15) is 0 Å². The van der Waals surface area contributed by atoms with Gasteiger partial charge in [0.05, 0.1) is 17.6 Å². The fourth-order valence-electron chi connectivity index (χ4n) is 2.85. The van der Waals surface area contributed by atoms with Crippen LogP contribution >= 0.6 is 11.8 Å². The first-order chi connectivity index (χ1) is 8.45. The number of hydrogen-bond acceptors (Lipinski definition) is 3. The molecule has 0 aliphatic carbocycles. The summed E-state index contributed by atoms with van der Waals surface area (Å²) < 4.78 is 11.7. The number of thioether (sulfide) groups is 1. The summed E-state index contributed by atoms with van der Waals surface area (Å²) in [5.41, 5.74) is 0. The van der Waals surface area contributed by atoms with E-state index in [1.54, 1.807) is 6.26 Å². The minimum Gasteiger partial charge on any atom is -0.492 e. The highest BCUT2D eigenvalue weighted by molar-refractivity contribution is 8.02. The van der Waals surface area contributed by atoms with E-state index in [2.05, 4.69) is 12.2 Å². The maximum Gasteiger partial charge on any atom is 0.133 e. The Kier molecular flexibility index (Phi) is 3.77. The zero-order chi connectivity index (χ0) is 11.5. The zero-order valence-corrected chi connectivity index (χ0v) is 10.8. The fraction of sp³-hybridized carbons (Fsp3) is 0.643. The van der Waals surface area contributed by atoms with Crippen LogP contribution in [0.4, 0.5) is 0 Å². The van der Waals surface area contributed by atoms with Crippen molar-refractivity contribution in [3.63, 3.8) is 0 Å². The molecule has 3 heteroatoms. The lowest BCUT2D eigenvalue weighted by atomic mass is 9.88. The van der Waals surface area contributed by atoms with Gasteiger partial charge in [0.2, 0.25) is 0 Å². The van der Waals surface area contributed by atoms with Gasteiger partial charge in [0.1, 0.15) is 6.10 Å². The molecule has 0 aromatic carbocycles. The molecule has 17 heavy (non-hydrogen) atoms. The van der Waals surface area contributed by atoms with Gasteiger partial charge in [-0.05, 0) is 43.6 Å². The van der Waals surface area contributed by atoms with Crippen LogP contribution < -0.4 is 0 Å². The van der Waals surface area contributed by atoms with E-state index in [1.807, 2.05) is 17.8 Å². The Hall–Kier alpha value is -0.410. The molecule has 0 saturated carbocycles. The van der Waals surface area contributed by atoms with Crippen LogP contribution in [0.2, 0.25) is 0 Å². The third-order valence-electron chi connectivity index (χ3n) is 3.71. The Morgan fingerprint density at radius 1 is 1.18 bits per heavy atom. The predicted octanol–water partition coefficient (Wildman–Crippen LogP) is 3.31. The molecule has 2 nitrogen and oxygen atoms in total. The summed E-state index contributed by atoms with van der Waals surface area (Å²) in [7, 11) is 0. The molecule has 2 saturated heterocycles. The van der Waals surface area contributed by atoms with Crippen molar-refractivity contribution in [2.45, 2.75) is 37.9 Å². The van der Waals surface area contributed by atoms with Crippen LogP contribution in [0.25, 0.3) is 0 Å². The van der Waals surface area contributed by atoms with Gasteiger partial charge in [0, 0.05) is 12.5 Å². The Bertz CT molecular complexity index is 307. The average molecular weight is 251 g/mol. The van der Waals surface area contributed by atoms with Gasteiger partial charge in [-0.15, -0.1) is 11.8 Å². The van der Waals surface area contributed by atoms with Crippen molar-refractivity contribution in [1.29, 1.82) is 0 Å². The lowest BCUT2D eigenvalue weighted by molar-refractivity contribution is -0.0182. The summed E-state index contributed by atoms with van der Waals surface area (Å²) in [5.74, 6) is 1.82. The molecule has 3 atom stereocenters. The van der Waals surface area contributed by atoms with E-state index >= 15 is 0 Å². The molecule has 0 aromatic heterocycles.